The molecule has 1 atom stereocenters. The van der Waals surface area contributed by atoms with Gasteiger partial charge in [-0.15, -0.1) is 0 Å². The van der Waals surface area contributed by atoms with E-state index in [1.54, 1.807) is 7.11 Å². The van der Waals surface area contributed by atoms with E-state index in [1.807, 2.05) is 6.07 Å². The number of benzene rings is 1. The van der Waals surface area contributed by atoms with Gasteiger partial charge in [-0.05, 0) is 53.4 Å². The first kappa shape index (κ1) is 13.8. The van der Waals surface area contributed by atoms with Crippen LogP contribution >= 0.6 is 15.9 Å². The maximum absolute atomic E-state index is 5.37. The second-order valence-electron chi connectivity index (χ2n) is 4.67. The molecule has 0 amide bonds. The number of rotatable bonds is 4. The van der Waals surface area contributed by atoms with Crippen molar-refractivity contribution in [2.75, 3.05) is 20.3 Å². The van der Waals surface area contributed by atoms with E-state index in [9.17, 15) is 0 Å². The quantitative estimate of drug-likeness (QED) is 0.925. The number of hydrogen-bond acceptors (Lipinski definition) is 3. The molecular weight excluding hydrogens is 294 g/mol. The fourth-order valence-electron chi connectivity index (χ4n) is 2.27. The van der Waals surface area contributed by atoms with E-state index in [0.717, 1.165) is 36.3 Å². The van der Waals surface area contributed by atoms with Gasteiger partial charge < -0.3 is 14.8 Å². The molecule has 1 aliphatic heterocycles. The van der Waals surface area contributed by atoms with Crippen molar-refractivity contribution in [3.05, 3.63) is 28.2 Å². The Morgan fingerprint density at radius 2 is 2.11 bits per heavy atom. The molecule has 3 nitrogen and oxygen atoms in total. The molecule has 1 saturated heterocycles. The SMILES string of the molecule is COc1ccc(C(C)NC2CCOCC2)cc1Br. The number of nitrogens with one attached hydrogen (secondary N) is 1. The van der Waals surface area contributed by atoms with Crippen LogP contribution in [0.2, 0.25) is 0 Å². The Labute approximate surface area is 117 Å². The Balaban J connectivity index is 1.99. The zero-order valence-corrected chi connectivity index (χ0v) is 12.5. The summed E-state index contributed by atoms with van der Waals surface area (Å²) in [4.78, 5) is 0. The predicted molar refractivity (Wildman–Crippen MR) is 76.1 cm³/mol. The lowest BCUT2D eigenvalue weighted by Crippen LogP contribution is -2.36. The fourth-order valence-corrected chi connectivity index (χ4v) is 2.82. The summed E-state index contributed by atoms with van der Waals surface area (Å²) in [5.41, 5.74) is 1.27. The van der Waals surface area contributed by atoms with Gasteiger partial charge in [-0.2, -0.15) is 0 Å². The van der Waals surface area contributed by atoms with E-state index in [1.165, 1.54) is 5.56 Å². The minimum Gasteiger partial charge on any atom is -0.496 e. The molecule has 0 saturated carbocycles. The molecule has 4 heteroatoms. The van der Waals surface area contributed by atoms with Crippen LogP contribution < -0.4 is 10.1 Å². The Hall–Kier alpha value is -0.580. The largest absolute Gasteiger partial charge is 0.496 e. The van der Waals surface area contributed by atoms with Crippen LogP contribution in [0.5, 0.6) is 5.75 Å². The summed E-state index contributed by atoms with van der Waals surface area (Å²) in [6, 6.07) is 7.14. The molecule has 100 valence electrons. The third kappa shape index (κ3) is 3.46. The van der Waals surface area contributed by atoms with Crippen LogP contribution in [0.15, 0.2) is 22.7 Å². The maximum atomic E-state index is 5.37. The molecule has 1 unspecified atom stereocenters. The smallest absolute Gasteiger partial charge is 0.133 e. The Bertz CT molecular complexity index is 391. The fraction of sp³-hybridized carbons (Fsp3) is 0.571. The summed E-state index contributed by atoms with van der Waals surface area (Å²) < 4.78 is 11.6. The van der Waals surface area contributed by atoms with Gasteiger partial charge in [-0.3, -0.25) is 0 Å². The van der Waals surface area contributed by atoms with Crippen molar-refractivity contribution in [3.63, 3.8) is 0 Å². The molecule has 1 aromatic carbocycles. The van der Waals surface area contributed by atoms with Gasteiger partial charge in [-0.1, -0.05) is 6.07 Å². The lowest BCUT2D eigenvalue weighted by Gasteiger charge is -2.27. The van der Waals surface area contributed by atoms with Crippen LogP contribution in [0.3, 0.4) is 0 Å². The zero-order valence-electron chi connectivity index (χ0n) is 10.9. The van der Waals surface area contributed by atoms with Crippen LogP contribution in [0.4, 0.5) is 0 Å². The minimum atomic E-state index is 0.343. The molecule has 0 bridgehead atoms. The van der Waals surface area contributed by atoms with Gasteiger partial charge in [0.25, 0.3) is 0 Å². The molecule has 1 fully saturated rings. The second-order valence-corrected chi connectivity index (χ2v) is 5.52. The summed E-state index contributed by atoms with van der Waals surface area (Å²) in [6.07, 6.45) is 2.20. The van der Waals surface area contributed by atoms with Crippen molar-refractivity contribution in [3.8, 4) is 5.75 Å². The van der Waals surface area contributed by atoms with Crippen LogP contribution in [-0.2, 0) is 4.74 Å². The highest BCUT2D eigenvalue weighted by Gasteiger charge is 2.17. The standard InChI is InChI=1S/C14H20BrNO2/c1-10(16-12-5-7-18-8-6-12)11-3-4-14(17-2)13(15)9-11/h3-4,9-10,12,16H,5-8H2,1-2H3. The first-order chi connectivity index (χ1) is 8.70. The Morgan fingerprint density at radius 1 is 1.39 bits per heavy atom. The average molecular weight is 314 g/mol. The molecule has 1 aromatic rings. The highest BCUT2D eigenvalue weighted by molar-refractivity contribution is 9.10. The summed E-state index contributed by atoms with van der Waals surface area (Å²) >= 11 is 3.53. The van der Waals surface area contributed by atoms with Gasteiger partial charge in [0.1, 0.15) is 5.75 Å². The van der Waals surface area contributed by atoms with E-state index >= 15 is 0 Å². The molecule has 1 N–H and O–H groups in total. The van der Waals surface area contributed by atoms with Crippen LogP contribution in [-0.4, -0.2) is 26.4 Å². The molecular formula is C14H20BrNO2. The third-order valence-corrected chi connectivity index (χ3v) is 4.00. The van der Waals surface area contributed by atoms with Crippen LogP contribution in [0.1, 0.15) is 31.4 Å². The molecule has 18 heavy (non-hydrogen) atoms. The summed E-state index contributed by atoms with van der Waals surface area (Å²) in [6.45, 7) is 3.94. The van der Waals surface area contributed by atoms with Crippen molar-refractivity contribution in [1.29, 1.82) is 0 Å². The van der Waals surface area contributed by atoms with E-state index in [4.69, 9.17) is 9.47 Å². The lowest BCUT2D eigenvalue weighted by atomic mass is 10.0. The van der Waals surface area contributed by atoms with Crippen molar-refractivity contribution >= 4 is 15.9 Å². The summed E-state index contributed by atoms with van der Waals surface area (Å²) in [7, 11) is 1.68. The van der Waals surface area contributed by atoms with Gasteiger partial charge in [0, 0.05) is 25.3 Å². The minimum absolute atomic E-state index is 0.343. The molecule has 1 aliphatic rings. The summed E-state index contributed by atoms with van der Waals surface area (Å²) in [5, 5.41) is 3.66. The number of methoxy groups -OCH3 is 1. The first-order valence-corrected chi connectivity index (χ1v) is 7.17. The topological polar surface area (TPSA) is 30.5 Å². The van der Waals surface area contributed by atoms with Crippen LogP contribution in [0, 0.1) is 0 Å². The van der Waals surface area contributed by atoms with Crippen molar-refractivity contribution in [2.24, 2.45) is 0 Å². The number of ether oxygens (including phenoxy) is 2. The van der Waals surface area contributed by atoms with E-state index in [0.29, 0.717) is 12.1 Å². The second kappa shape index (κ2) is 6.55. The van der Waals surface area contributed by atoms with Gasteiger partial charge >= 0.3 is 0 Å². The summed E-state index contributed by atoms with van der Waals surface area (Å²) in [5.74, 6) is 0.872. The van der Waals surface area contributed by atoms with Crippen molar-refractivity contribution in [2.45, 2.75) is 31.8 Å². The molecule has 0 aromatic heterocycles. The first-order valence-electron chi connectivity index (χ1n) is 6.38. The predicted octanol–water partition coefficient (Wildman–Crippen LogP) is 3.29. The van der Waals surface area contributed by atoms with E-state index in [-0.39, 0.29) is 0 Å². The van der Waals surface area contributed by atoms with Crippen LogP contribution in [0.25, 0.3) is 0 Å². The molecule has 0 spiro atoms. The molecule has 1 heterocycles. The van der Waals surface area contributed by atoms with E-state index in [2.05, 4.69) is 40.3 Å². The molecule has 0 radical (unpaired) electrons. The Morgan fingerprint density at radius 3 is 2.72 bits per heavy atom. The van der Waals surface area contributed by atoms with Crippen molar-refractivity contribution < 1.29 is 9.47 Å². The highest BCUT2D eigenvalue weighted by Crippen LogP contribution is 2.28. The van der Waals surface area contributed by atoms with E-state index < -0.39 is 0 Å². The Kier molecular flexibility index (Phi) is 5.03. The lowest BCUT2D eigenvalue weighted by molar-refractivity contribution is 0.0754. The normalized spacial score (nSPS) is 18.6. The average Bonchev–Trinajstić information content (AvgIpc) is 2.39. The van der Waals surface area contributed by atoms with Gasteiger partial charge in [0.15, 0.2) is 0 Å². The molecule has 0 aliphatic carbocycles. The monoisotopic (exact) mass is 313 g/mol. The third-order valence-electron chi connectivity index (χ3n) is 3.38. The number of halogens is 1. The van der Waals surface area contributed by atoms with Crippen molar-refractivity contribution in [1.82, 2.24) is 5.32 Å². The van der Waals surface area contributed by atoms with Gasteiger partial charge in [0.2, 0.25) is 0 Å². The number of hydrogen-bond donors (Lipinski definition) is 1. The molecule has 2 rings (SSSR count). The van der Waals surface area contributed by atoms with Gasteiger partial charge in [0.05, 0.1) is 11.6 Å². The highest BCUT2D eigenvalue weighted by atomic mass is 79.9. The zero-order chi connectivity index (χ0) is 13.0. The maximum Gasteiger partial charge on any atom is 0.133 e. The van der Waals surface area contributed by atoms with Gasteiger partial charge in [-0.25, -0.2) is 0 Å².